The van der Waals surface area contributed by atoms with Crippen molar-refractivity contribution in [1.82, 2.24) is 0 Å². The van der Waals surface area contributed by atoms with Gasteiger partial charge in [0.1, 0.15) is 36.1 Å². The standard InChI is InChI=1S/C30H39BO9/c1-22(35-19-25-7-13-28(32-4)14-8-25)38-31(39-23(2)36-20-26-9-15-29(33-5)16-10-26)40-24(3)37-21-27-11-17-30(34-6)18-12-27/h7-18,22-24H,19-21H2,1-6H3. The fourth-order valence-corrected chi connectivity index (χ4v) is 3.49. The van der Waals surface area contributed by atoms with Gasteiger partial charge in [-0.05, 0) is 73.9 Å². The monoisotopic (exact) mass is 554 g/mol. The van der Waals surface area contributed by atoms with Crippen LogP contribution in [0.4, 0.5) is 0 Å². The van der Waals surface area contributed by atoms with E-state index < -0.39 is 26.2 Å². The van der Waals surface area contributed by atoms with Crippen molar-refractivity contribution in [2.45, 2.75) is 59.5 Å². The minimum atomic E-state index is -1.11. The second-order valence-corrected chi connectivity index (χ2v) is 8.88. The number of hydrogen-bond acceptors (Lipinski definition) is 9. The first-order valence-corrected chi connectivity index (χ1v) is 13.1. The van der Waals surface area contributed by atoms with E-state index in [4.69, 9.17) is 42.4 Å². The Morgan fingerprint density at radius 3 is 0.925 bits per heavy atom. The fourth-order valence-electron chi connectivity index (χ4n) is 3.49. The van der Waals surface area contributed by atoms with Crippen LogP contribution in [0.2, 0.25) is 0 Å². The lowest BCUT2D eigenvalue weighted by Crippen LogP contribution is -2.38. The van der Waals surface area contributed by atoms with E-state index in [1.807, 2.05) is 72.8 Å². The van der Waals surface area contributed by atoms with E-state index in [2.05, 4.69) is 0 Å². The Balaban J connectivity index is 1.54. The molecule has 0 aliphatic carbocycles. The summed E-state index contributed by atoms with van der Waals surface area (Å²) >= 11 is 0. The van der Waals surface area contributed by atoms with Crippen LogP contribution < -0.4 is 14.2 Å². The molecule has 10 heteroatoms. The van der Waals surface area contributed by atoms with Crippen LogP contribution in [0.5, 0.6) is 17.2 Å². The summed E-state index contributed by atoms with van der Waals surface area (Å²) in [6.45, 7) is 6.33. The predicted molar refractivity (Wildman–Crippen MR) is 151 cm³/mol. The molecular weight excluding hydrogens is 515 g/mol. The highest BCUT2D eigenvalue weighted by Crippen LogP contribution is 2.17. The topological polar surface area (TPSA) is 83.1 Å². The minimum absolute atomic E-state index is 0.338. The SMILES string of the molecule is COc1ccc(COC(C)OB(OC(C)OCc2ccc(OC)cc2)OC(C)OCc2ccc(OC)cc2)cc1. The first-order chi connectivity index (χ1) is 19.4. The minimum Gasteiger partial charge on any atom is -0.497 e. The number of methoxy groups -OCH3 is 3. The summed E-state index contributed by atoms with van der Waals surface area (Å²) in [7, 11) is 3.78. The summed E-state index contributed by atoms with van der Waals surface area (Å²) in [4.78, 5) is 0. The van der Waals surface area contributed by atoms with Gasteiger partial charge in [0.05, 0.1) is 41.2 Å². The smallest absolute Gasteiger partial charge is 0.497 e. The van der Waals surface area contributed by atoms with Crippen molar-refractivity contribution in [3.8, 4) is 17.2 Å². The average molecular weight is 554 g/mol. The molecule has 3 unspecified atom stereocenters. The molecule has 0 amide bonds. The number of hydrogen-bond donors (Lipinski definition) is 0. The average Bonchev–Trinajstić information content (AvgIpc) is 2.98. The quantitative estimate of drug-likeness (QED) is 0.145. The first kappa shape index (κ1) is 31.4. The molecule has 0 radical (unpaired) electrons. The lowest BCUT2D eigenvalue weighted by Gasteiger charge is -2.25. The molecule has 3 rings (SSSR count). The zero-order chi connectivity index (χ0) is 28.7. The van der Waals surface area contributed by atoms with Crippen LogP contribution in [0.25, 0.3) is 0 Å². The number of rotatable bonds is 18. The van der Waals surface area contributed by atoms with E-state index in [1.165, 1.54) is 0 Å². The molecule has 0 saturated heterocycles. The van der Waals surface area contributed by atoms with E-state index in [9.17, 15) is 0 Å². The van der Waals surface area contributed by atoms with Crippen molar-refractivity contribution in [3.63, 3.8) is 0 Å². The highest BCUT2D eigenvalue weighted by atomic mass is 16.8. The second kappa shape index (κ2) is 16.9. The molecule has 0 N–H and O–H groups in total. The van der Waals surface area contributed by atoms with Gasteiger partial charge in [-0.2, -0.15) is 0 Å². The van der Waals surface area contributed by atoms with Crippen molar-refractivity contribution < 1.29 is 42.4 Å². The summed E-state index contributed by atoms with van der Waals surface area (Å²) < 4.78 is 51.0. The predicted octanol–water partition coefficient (Wildman–Crippen LogP) is 5.74. The van der Waals surface area contributed by atoms with Gasteiger partial charge in [0.2, 0.25) is 0 Å². The molecule has 0 aliphatic heterocycles. The normalized spacial score (nSPS) is 13.3. The fraction of sp³-hybridized carbons (Fsp3) is 0.400. The first-order valence-electron chi connectivity index (χ1n) is 13.1. The highest BCUT2D eigenvalue weighted by molar-refractivity contribution is 6.36. The number of ether oxygens (including phenoxy) is 6. The molecule has 0 heterocycles. The third kappa shape index (κ3) is 11.2. The Bertz CT molecular complexity index is 952. The molecule has 0 aromatic heterocycles. The Morgan fingerprint density at radius 1 is 0.450 bits per heavy atom. The van der Waals surface area contributed by atoms with Crippen LogP contribution in [0.15, 0.2) is 72.8 Å². The molecule has 9 nitrogen and oxygen atoms in total. The van der Waals surface area contributed by atoms with Gasteiger partial charge in [0.25, 0.3) is 0 Å². The zero-order valence-electron chi connectivity index (χ0n) is 24.0. The van der Waals surface area contributed by atoms with E-state index in [-0.39, 0.29) is 0 Å². The van der Waals surface area contributed by atoms with Crippen molar-refractivity contribution in [3.05, 3.63) is 89.5 Å². The maximum Gasteiger partial charge on any atom is 0.645 e. The van der Waals surface area contributed by atoms with Crippen LogP contribution >= 0.6 is 0 Å². The van der Waals surface area contributed by atoms with Gasteiger partial charge in [-0.3, -0.25) is 0 Å². The van der Waals surface area contributed by atoms with Crippen molar-refractivity contribution in [1.29, 1.82) is 0 Å². The Kier molecular flexibility index (Phi) is 13.2. The largest absolute Gasteiger partial charge is 0.645 e. The molecule has 0 fully saturated rings. The summed E-state index contributed by atoms with van der Waals surface area (Å²) in [5.74, 6) is 2.34. The molecule has 3 aromatic carbocycles. The molecule has 216 valence electrons. The second-order valence-electron chi connectivity index (χ2n) is 8.88. The molecule has 0 spiro atoms. The molecule has 3 aromatic rings. The molecule has 0 saturated carbocycles. The summed E-state index contributed by atoms with van der Waals surface area (Å²) in [6.07, 6.45) is -1.93. The Labute approximate surface area is 237 Å². The summed E-state index contributed by atoms with van der Waals surface area (Å²) in [5, 5.41) is 0. The van der Waals surface area contributed by atoms with Crippen molar-refractivity contribution in [2.75, 3.05) is 21.3 Å². The van der Waals surface area contributed by atoms with Crippen LogP contribution in [-0.4, -0.2) is 47.5 Å². The van der Waals surface area contributed by atoms with Gasteiger partial charge in [0.15, 0.2) is 0 Å². The lowest BCUT2D eigenvalue weighted by molar-refractivity contribution is -0.171. The van der Waals surface area contributed by atoms with Crippen LogP contribution in [0.1, 0.15) is 37.5 Å². The van der Waals surface area contributed by atoms with E-state index in [0.29, 0.717) is 19.8 Å². The lowest BCUT2D eigenvalue weighted by atomic mass is 10.2. The number of benzene rings is 3. The van der Waals surface area contributed by atoms with Crippen molar-refractivity contribution in [2.24, 2.45) is 0 Å². The summed E-state index contributed by atoms with van der Waals surface area (Å²) in [5.41, 5.74) is 2.92. The van der Waals surface area contributed by atoms with Gasteiger partial charge in [-0.25, -0.2) is 0 Å². The Hall–Kier alpha value is -3.12. The molecule has 0 aliphatic rings. The van der Waals surface area contributed by atoms with Gasteiger partial charge in [-0.1, -0.05) is 36.4 Å². The third-order valence-corrected chi connectivity index (χ3v) is 5.84. The maximum absolute atomic E-state index is 5.94. The molecule has 3 atom stereocenters. The summed E-state index contributed by atoms with van der Waals surface area (Å²) in [6, 6.07) is 22.9. The van der Waals surface area contributed by atoms with E-state index in [0.717, 1.165) is 33.9 Å². The van der Waals surface area contributed by atoms with Crippen LogP contribution in [-0.2, 0) is 48.0 Å². The molecule has 40 heavy (non-hydrogen) atoms. The van der Waals surface area contributed by atoms with Crippen molar-refractivity contribution >= 4 is 7.32 Å². The van der Waals surface area contributed by atoms with Crippen LogP contribution in [0, 0.1) is 0 Å². The van der Waals surface area contributed by atoms with E-state index in [1.54, 1.807) is 42.1 Å². The van der Waals surface area contributed by atoms with E-state index >= 15 is 0 Å². The maximum atomic E-state index is 5.94. The Morgan fingerprint density at radius 2 is 0.700 bits per heavy atom. The van der Waals surface area contributed by atoms with Gasteiger partial charge in [-0.15, -0.1) is 0 Å². The highest BCUT2D eigenvalue weighted by Gasteiger charge is 2.30. The van der Waals surface area contributed by atoms with Gasteiger partial charge >= 0.3 is 7.32 Å². The molecular formula is C30H39BO9. The third-order valence-electron chi connectivity index (χ3n) is 5.84. The van der Waals surface area contributed by atoms with Crippen LogP contribution in [0.3, 0.4) is 0 Å². The van der Waals surface area contributed by atoms with Gasteiger partial charge < -0.3 is 42.4 Å². The van der Waals surface area contributed by atoms with Gasteiger partial charge in [0, 0.05) is 0 Å². The zero-order valence-corrected chi connectivity index (χ0v) is 24.0. The molecule has 0 bridgehead atoms.